The summed E-state index contributed by atoms with van der Waals surface area (Å²) in [7, 11) is 0. The highest BCUT2D eigenvalue weighted by atomic mass is 19.1. The molecule has 1 rings (SSSR count). The van der Waals surface area contributed by atoms with E-state index in [9.17, 15) is 14.0 Å². The molecule has 0 heterocycles. The van der Waals surface area contributed by atoms with Gasteiger partial charge in [-0.3, -0.25) is 4.79 Å². The maximum absolute atomic E-state index is 13.0. The van der Waals surface area contributed by atoms with Crippen LogP contribution in [0.25, 0.3) is 6.08 Å². The van der Waals surface area contributed by atoms with Crippen molar-refractivity contribution < 1.29 is 19.1 Å². The third kappa shape index (κ3) is 5.06. The van der Waals surface area contributed by atoms with Crippen molar-refractivity contribution in [2.24, 2.45) is 0 Å². The molecule has 0 fully saturated rings. The zero-order valence-electron chi connectivity index (χ0n) is 11.1. The number of carbonyl (C=O) groups is 2. The molecule has 4 nitrogen and oxygen atoms in total. The van der Waals surface area contributed by atoms with Crippen LogP contribution in [0.5, 0.6) is 0 Å². The number of carbonyl (C=O) groups excluding carboxylic acids is 1. The number of carboxylic acid groups (broad SMARTS) is 1. The van der Waals surface area contributed by atoms with Crippen molar-refractivity contribution in [2.75, 3.05) is 6.54 Å². The normalized spacial score (nSPS) is 11.0. The Kier molecular flexibility index (Phi) is 5.65. The Morgan fingerprint density at radius 3 is 2.70 bits per heavy atom. The van der Waals surface area contributed by atoms with Crippen LogP contribution in [0.4, 0.5) is 4.39 Å². The fourth-order valence-electron chi connectivity index (χ4n) is 1.50. The maximum atomic E-state index is 13.0. The van der Waals surface area contributed by atoms with Gasteiger partial charge in [0.2, 0.25) is 5.91 Å². The molecule has 0 spiro atoms. The highest BCUT2D eigenvalue weighted by Gasteiger charge is 2.09. The topological polar surface area (TPSA) is 66.4 Å². The zero-order valence-corrected chi connectivity index (χ0v) is 11.1. The molecule has 106 valence electrons. The lowest BCUT2D eigenvalue weighted by Gasteiger charge is -2.06. The smallest absolute Gasteiger partial charge is 0.331 e. The Morgan fingerprint density at radius 1 is 1.45 bits per heavy atom. The first-order valence-corrected chi connectivity index (χ1v) is 6.03. The molecular formula is C15H16FNO3. The lowest BCUT2D eigenvalue weighted by Crippen LogP contribution is -2.25. The fraction of sp³-hybridized carbons (Fsp3) is 0.200. The standard InChI is InChI=1S/C15H16FNO3/c1-10(2)14(18)17-7-6-12(15(19)20)8-11-4-3-5-13(16)9-11/h3-5,8-9H,1,6-7H2,2H3,(H,17,18)(H,19,20)/b12-8+. The summed E-state index contributed by atoms with van der Waals surface area (Å²) in [6.07, 6.45) is 1.53. The molecule has 0 bridgehead atoms. The summed E-state index contributed by atoms with van der Waals surface area (Å²) < 4.78 is 13.0. The molecule has 0 saturated carbocycles. The number of hydrogen-bond donors (Lipinski definition) is 2. The number of nitrogens with one attached hydrogen (secondary N) is 1. The number of amides is 1. The predicted molar refractivity (Wildman–Crippen MR) is 74.5 cm³/mol. The Hall–Kier alpha value is -2.43. The highest BCUT2D eigenvalue weighted by Crippen LogP contribution is 2.11. The molecule has 2 N–H and O–H groups in total. The van der Waals surface area contributed by atoms with E-state index in [2.05, 4.69) is 11.9 Å². The quantitative estimate of drug-likeness (QED) is 0.784. The molecule has 20 heavy (non-hydrogen) atoms. The van der Waals surface area contributed by atoms with Crippen molar-refractivity contribution in [1.82, 2.24) is 5.32 Å². The summed E-state index contributed by atoms with van der Waals surface area (Å²) in [5.74, 6) is -1.85. The summed E-state index contributed by atoms with van der Waals surface area (Å²) in [5, 5.41) is 11.6. The predicted octanol–water partition coefficient (Wildman–Crippen LogP) is 2.38. The van der Waals surface area contributed by atoms with Crippen LogP contribution in [0.2, 0.25) is 0 Å². The van der Waals surface area contributed by atoms with Gasteiger partial charge in [0.25, 0.3) is 0 Å². The van der Waals surface area contributed by atoms with Gasteiger partial charge in [-0.05, 0) is 37.1 Å². The third-order valence-electron chi connectivity index (χ3n) is 2.53. The van der Waals surface area contributed by atoms with Crippen LogP contribution in [0.3, 0.4) is 0 Å². The number of hydrogen-bond acceptors (Lipinski definition) is 2. The number of halogens is 1. The largest absolute Gasteiger partial charge is 0.478 e. The van der Waals surface area contributed by atoms with E-state index in [-0.39, 0.29) is 24.4 Å². The highest BCUT2D eigenvalue weighted by molar-refractivity contribution is 5.93. The average Bonchev–Trinajstić information content (AvgIpc) is 2.37. The Bertz CT molecular complexity index is 564. The fourth-order valence-corrected chi connectivity index (χ4v) is 1.50. The van der Waals surface area contributed by atoms with Gasteiger partial charge in [0.05, 0.1) is 0 Å². The molecule has 0 unspecified atom stereocenters. The molecule has 0 saturated heterocycles. The molecule has 1 amide bonds. The summed E-state index contributed by atoms with van der Waals surface area (Å²) in [4.78, 5) is 22.4. The first-order valence-electron chi connectivity index (χ1n) is 6.03. The number of aliphatic carboxylic acids is 1. The van der Waals surface area contributed by atoms with Crippen LogP contribution >= 0.6 is 0 Å². The molecule has 1 aromatic rings. The van der Waals surface area contributed by atoms with Crippen LogP contribution in [0, 0.1) is 5.82 Å². The van der Waals surface area contributed by atoms with Crippen molar-refractivity contribution in [3.8, 4) is 0 Å². The van der Waals surface area contributed by atoms with Gasteiger partial charge in [-0.15, -0.1) is 0 Å². The second-order valence-corrected chi connectivity index (χ2v) is 4.32. The minimum absolute atomic E-state index is 0.0950. The Labute approximate surface area is 116 Å². The van der Waals surface area contributed by atoms with Crippen LogP contribution in [0.1, 0.15) is 18.9 Å². The van der Waals surface area contributed by atoms with E-state index < -0.39 is 11.8 Å². The van der Waals surface area contributed by atoms with Crippen molar-refractivity contribution >= 4 is 18.0 Å². The minimum atomic E-state index is -1.10. The van der Waals surface area contributed by atoms with Gasteiger partial charge in [0.1, 0.15) is 5.82 Å². The van der Waals surface area contributed by atoms with Crippen molar-refractivity contribution in [3.63, 3.8) is 0 Å². The minimum Gasteiger partial charge on any atom is -0.478 e. The van der Waals surface area contributed by atoms with Gasteiger partial charge in [-0.2, -0.15) is 0 Å². The number of carboxylic acids is 1. The Morgan fingerprint density at radius 2 is 2.15 bits per heavy atom. The van der Waals surface area contributed by atoms with E-state index in [0.717, 1.165) is 0 Å². The summed E-state index contributed by atoms with van der Waals surface area (Å²) in [6, 6.07) is 5.64. The summed E-state index contributed by atoms with van der Waals surface area (Å²) in [5.41, 5.74) is 0.919. The second kappa shape index (κ2) is 7.23. The third-order valence-corrected chi connectivity index (χ3v) is 2.53. The lowest BCUT2D eigenvalue weighted by atomic mass is 10.1. The van der Waals surface area contributed by atoms with E-state index in [1.54, 1.807) is 13.0 Å². The molecule has 0 aromatic heterocycles. The van der Waals surface area contributed by atoms with Crippen molar-refractivity contribution in [2.45, 2.75) is 13.3 Å². The van der Waals surface area contributed by atoms with Gasteiger partial charge in [-0.25, -0.2) is 9.18 Å². The molecule has 0 atom stereocenters. The molecule has 0 aliphatic carbocycles. The molecule has 1 aromatic carbocycles. The zero-order chi connectivity index (χ0) is 15.1. The maximum Gasteiger partial charge on any atom is 0.331 e. The monoisotopic (exact) mass is 277 g/mol. The molecule has 0 radical (unpaired) electrons. The van der Waals surface area contributed by atoms with Gasteiger partial charge in [0.15, 0.2) is 0 Å². The van der Waals surface area contributed by atoms with Gasteiger partial charge >= 0.3 is 5.97 Å². The molecule has 0 aliphatic heterocycles. The first-order chi connectivity index (χ1) is 9.40. The van der Waals surface area contributed by atoms with Crippen molar-refractivity contribution in [3.05, 3.63) is 53.4 Å². The van der Waals surface area contributed by atoms with Crippen LogP contribution in [-0.2, 0) is 9.59 Å². The van der Waals surface area contributed by atoms with E-state index in [4.69, 9.17) is 5.11 Å². The lowest BCUT2D eigenvalue weighted by molar-refractivity contribution is -0.132. The van der Waals surface area contributed by atoms with Gasteiger partial charge < -0.3 is 10.4 Å². The summed E-state index contributed by atoms with van der Waals surface area (Å²) >= 11 is 0. The van der Waals surface area contributed by atoms with E-state index >= 15 is 0 Å². The second-order valence-electron chi connectivity index (χ2n) is 4.32. The van der Waals surface area contributed by atoms with Gasteiger partial charge in [-0.1, -0.05) is 18.7 Å². The van der Waals surface area contributed by atoms with Gasteiger partial charge in [0, 0.05) is 17.7 Å². The molecule has 5 heteroatoms. The number of rotatable bonds is 6. The van der Waals surface area contributed by atoms with Crippen molar-refractivity contribution in [1.29, 1.82) is 0 Å². The van der Waals surface area contributed by atoms with E-state index in [1.165, 1.54) is 24.3 Å². The Balaban J connectivity index is 2.72. The molecular weight excluding hydrogens is 261 g/mol. The van der Waals surface area contributed by atoms with Crippen LogP contribution in [0.15, 0.2) is 42.0 Å². The molecule has 0 aliphatic rings. The SMILES string of the molecule is C=C(C)C(=O)NCC/C(=C\c1cccc(F)c1)C(=O)O. The van der Waals surface area contributed by atoms with E-state index in [0.29, 0.717) is 11.1 Å². The van der Waals surface area contributed by atoms with Crippen LogP contribution in [-0.4, -0.2) is 23.5 Å². The summed E-state index contributed by atoms with van der Waals surface area (Å²) in [6.45, 7) is 5.23. The van der Waals surface area contributed by atoms with Crippen LogP contribution < -0.4 is 5.32 Å². The van der Waals surface area contributed by atoms with E-state index in [1.807, 2.05) is 0 Å². The average molecular weight is 277 g/mol. The first kappa shape index (κ1) is 15.6. The number of benzene rings is 1.